The van der Waals surface area contributed by atoms with E-state index in [9.17, 15) is 13.0 Å². The number of rotatable bonds is 2. The second kappa shape index (κ2) is 5.29. The van der Waals surface area contributed by atoms with Gasteiger partial charge in [0.1, 0.15) is 10.1 Å². The van der Waals surface area contributed by atoms with E-state index in [4.69, 9.17) is 5.11 Å². The maximum absolute atomic E-state index is 9.86. The van der Waals surface area contributed by atoms with Gasteiger partial charge in [0, 0.05) is 0 Å². The van der Waals surface area contributed by atoms with E-state index in [1.54, 1.807) is 0 Å². The molecule has 0 heterocycles. The zero-order valence-electron chi connectivity index (χ0n) is 5.81. The topological polar surface area (TPSA) is 77.4 Å². The van der Waals surface area contributed by atoms with Gasteiger partial charge in [-0.3, -0.25) is 0 Å². The van der Waals surface area contributed by atoms with Crippen LogP contribution in [0.25, 0.3) is 0 Å². The minimum atomic E-state index is -4.55. The minimum absolute atomic E-state index is 0. The van der Waals surface area contributed by atoms with Crippen LogP contribution < -0.4 is 29.6 Å². The third-order valence-electron chi connectivity index (χ3n) is 0.653. The molecule has 0 aliphatic rings. The fourth-order valence-corrected chi connectivity index (χ4v) is 0.610. The van der Waals surface area contributed by atoms with E-state index in [0.29, 0.717) is 0 Å². The van der Waals surface area contributed by atoms with Gasteiger partial charge < -0.3 is 9.66 Å². The van der Waals surface area contributed by atoms with E-state index in [1.165, 1.54) is 13.0 Å². The molecule has 0 aromatic rings. The van der Waals surface area contributed by atoms with Crippen molar-refractivity contribution in [2.24, 2.45) is 0 Å². The van der Waals surface area contributed by atoms with E-state index in [1.807, 2.05) is 0 Å². The molecule has 0 radical (unpaired) electrons. The summed E-state index contributed by atoms with van der Waals surface area (Å²) in [6.45, 7) is 1.51. The molecule has 0 rings (SSSR count). The second-order valence-corrected chi connectivity index (χ2v) is 2.88. The first-order chi connectivity index (χ1) is 3.98. The Morgan fingerprint density at radius 1 is 1.60 bits per heavy atom. The van der Waals surface area contributed by atoms with E-state index in [2.05, 4.69) is 0 Å². The zero-order chi connectivity index (χ0) is 7.49. The van der Waals surface area contributed by atoms with Crippen molar-refractivity contribution in [3.8, 4) is 0 Å². The Balaban J connectivity index is 0. The van der Waals surface area contributed by atoms with Crippen molar-refractivity contribution in [3.05, 3.63) is 12.2 Å². The van der Waals surface area contributed by atoms with Crippen LogP contribution in [0.15, 0.2) is 12.2 Å². The number of hydrogen-bond donors (Lipinski definition) is 1. The molecule has 0 aromatic heterocycles. The quantitative estimate of drug-likeness (QED) is 0.267. The Hall–Kier alpha value is 0.610. The van der Waals surface area contributed by atoms with Gasteiger partial charge >= 0.3 is 29.6 Å². The van der Waals surface area contributed by atoms with Gasteiger partial charge in [-0.05, 0) is 13.0 Å². The van der Waals surface area contributed by atoms with Crippen LogP contribution in [0.1, 0.15) is 6.92 Å². The van der Waals surface area contributed by atoms with Crippen LogP contribution in [0.4, 0.5) is 0 Å². The van der Waals surface area contributed by atoms with Crippen molar-refractivity contribution >= 4 is 10.1 Å². The second-order valence-electron chi connectivity index (χ2n) is 1.41. The third kappa shape index (κ3) is 5.40. The summed E-state index contributed by atoms with van der Waals surface area (Å²) in [6, 6.07) is 0. The SMILES string of the molecule is CC=CC(O)S(=O)(=O)[O-].[Na+]. The smallest absolute Gasteiger partial charge is 0.746 e. The monoisotopic (exact) mass is 174 g/mol. The molecule has 0 saturated heterocycles. The van der Waals surface area contributed by atoms with Gasteiger partial charge in [-0.15, -0.1) is 0 Å². The molecular formula is C4H7NaO4S. The van der Waals surface area contributed by atoms with Gasteiger partial charge in [0.15, 0.2) is 5.44 Å². The largest absolute Gasteiger partial charge is 1.00 e. The molecule has 0 aromatic carbocycles. The van der Waals surface area contributed by atoms with Gasteiger partial charge in [0.25, 0.3) is 0 Å². The van der Waals surface area contributed by atoms with Crippen LogP contribution in [0.2, 0.25) is 0 Å². The van der Waals surface area contributed by atoms with Gasteiger partial charge in [0.2, 0.25) is 0 Å². The Morgan fingerprint density at radius 2 is 2.00 bits per heavy atom. The molecule has 0 fully saturated rings. The van der Waals surface area contributed by atoms with Crippen molar-refractivity contribution in [2.75, 3.05) is 0 Å². The molecule has 0 bridgehead atoms. The molecule has 0 spiro atoms. The molecule has 0 amide bonds. The number of aliphatic hydroxyl groups is 1. The van der Waals surface area contributed by atoms with Crippen molar-refractivity contribution < 1.29 is 47.6 Å². The fraction of sp³-hybridized carbons (Fsp3) is 0.500. The normalized spacial score (nSPS) is 14.7. The van der Waals surface area contributed by atoms with Crippen molar-refractivity contribution in [3.63, 3.8) is 0 Å². The summed E-state index contributed by atoms with van der Waals surface area (Å²) in [5, 5.41) is 8.40. The van der Waals surface area contributed by atoms with Crippen LogP contribution in [-0.4, -0.2) is 23.5 Å². The van der Waals surface area contributed by atoms with E-state index < -0.39 is 15.6 Å². The van der Waals surface area contributed by atoms with Gasteiger partial charge in [0.05, 0.1) is 0 Å². The Bertz CT molecular complexity index is 195. The van der Waals surface area contributed by atoms with Crippen molar-refractivity contribution in [2.45, 2.75) is 12.4 Å². The summed E-state index contributed by atoms with van der Waals surface area (Å²) >= 11 is 0. The van der Waals surface area contributed by atoms with E-state index in [0.717, 1.165) is 6.08 Å². The summed E-state index contributed by atoms with van der Waals surface area (Å²) in [5.41, 5.74) is -1.90. The van der Waals surface area contributed by atoms with Crippen LogP contribution in [0.5, 0.6) is 0 Å². The van der Waals surface area contributed by atoms with Gasteiger partial charge in [-0.1, -0.05) is 6.08 Å². The predicted molar refractivity (Wildman–Crippen MR) is 30.5 cm³/mol. The number of aliphatic hydroxyl groups excluding tert-OH is 1. The molecule has 10 heavy (non-hydrogen) atoms. The summed E-state index contributed by atoms with van der Waals surface area (Å²) in [4.78, 5) is 0. The van der Waals surface area contributed by atoms with Crippen LogP contribution in [-0.2, 0) is 10.1 Å². The fourth-order valence-electron chi connectivity index (χ4n) is 0.261. The first-order valence-electron chi connectivity index (χ1n) is 2.24. The zero-order valence-corrected chi connectivity index (χ0v) is 8.63. The predicted octanol–water partition coefficient (Wildman–Crippen LogP) is -3.57. The van der Waals surface area contributed by atoms with Crippen molar-refractivity contribution in [1.82, 2.24) is 0 Å². The first-order valence-corrected chi connectivity index (χ1v) is 3.71. The van der Waals surface area contributed by atoms with Gasteiger partial charge in [-0.2, -0.15) is 0 Å². The Kier molecular flexibility index (Phi) is 6.99. The molecular weight excluding hydrogens is 167 g/mol. The maximum Gasteiger partial charge on any atom is 1.00 e. The average molecular weight is 174 g/mol. The molecule has 1 unspecified atom stereocenters. The molecule has 1 N–H and O–H groups in total. The average Bonchev–Trinajstić information content (AvgIpc) is 1.64. The molecule has 0 aliphatic heterocycles. The van der Waals surface area contributed by atoms with Crippen LogP contribution in [0, 0.1) is 0 Å². The maximum atomic E-state index is 9.86. The molecule has 0 aliphatic carbocycles. The summed E-state index contributed by atoms with van der Waals surface area (Å²) in [7, 11) is -4.55. The number of allylic oxidation sites excluding steroid dienone is 1. The van der Waals surface area contributed by atoms with Crippen LogP contribution in [0.3, 0.4) is 0 Å². The Morgan fingerprint density at radius 3 is 2.10 bits per heavy atom. The van der Waals surface area contributed by atoms with E-state index in [-0.39, 0.29) is 29.6 Å². The summed E-state index contributed by atoms with van der Waals surface area (Å²) in [6.07, 6.45) is 2.20. The summed E-state index contributed by atoms with van der Waals surface area (Å²) < 4.78 is 29.6. The number of hydrogen-bond acceptors (Lipinski definition) is 4. The van der Waals surface area contributed by atoms with Crippen molar-refractivity contribution in [1.29, 1.82) is 0 Å². The van der Waals surface area contributed by atoms with E-state index >= 15 is 0 Å². The van der Waals surface area contributed by atoms with Crippen LogP contribution >= 0.6 is 0 Å². The molecule has 54 valence electrons. The first kappa shape index (κ1) is 13.2. The molecule has 1 atom stereocenters. The molecule has 4 nitrogen and oxygen atoms in total. The molecule has 0 saturated carbocycles. The Labute approximate surface area is 82.0 Å². The summed E-state index contributed by atoms with van der Waals surface area (Å²) in [5.74, 6) is 0. The minimum Gasteiger partial charge on any atom is -0.746 e. The standard InChI is InChI=1S/C4H8O4S.Na/c1-2-3-4(5)9(6,7)8;/h2-5H,1H3,(H,6,7,8);/q;+1/p-1. The third-order valence-corrected chi connectivity index (χ3v) is 1.40. The molecule has 6 heteroatoms. The van der Waals surface area contributed by atoms with Gasteiger partial charge in [-0.25, -0.2) is 8.42 Å².